The first-order chi connectivity index (χ1) is 6.92. The minimum absolute atomic E-state index is 0.305. The third kappa shape index (κ3) is 1.22. The first-order valence-electron chi connectivity index (χ1n) is 4.60. The number of aromatic nitrogens is 3. The lowest BCUT2D eigenvalue weighted by molar-refractivity contribution is 0.142. The number of H-pyrrole nitrogens is 1. The molecule has 5 nitrogen and oxygen atoms in total. The fourth-order valence-corrected chi connectivity index (χ4v) is 1.43. The van der Waals surface area contributed by atoms with Crippen molar-refractivity contribution in [1.82, 2.24) is 20.7 Å². The number of fused-ring (bicyclic) bond motifs is 1. The van der Waals surface area contributed by atoms with Crippen LogP contribution in [0.4, 0.5) is 0 Å². The number of nitrogens with one attached hydrogen (secondary N) is 2. The highest BCUT2D eigenvalue weighted by Gasteiger charge is 2.18. The lowest BCUT2D eigenvalue weighted by atomic mass is 10.2. The van der Waals surface area contributed by atoms with E-state index in [0.29, 0.717) is 6.10 Å². The van der Waals surface area contributed by atoms with Crippen molar-refractivity contribution in [3.05, 3.63) is 18.2 Å². The maximum Gasteiger partial charge on any atom is 0.123 e. The van der Waals surface area contributed by atoms with Gasteiger partial charge in [-0.1, -0.05) is 0 Å². The molecule has 2 aromatic rings. The molecule has 0 unspecified atom stereocenters. The lowest BCUT2D eigenvalue weighted by Gasteiger charge is -2.27. The van der Waals surface area contributed by atoms with Crippen molar-refractivity contribution in [2.45, 2.75) is 6.10 Å². The molecule has 1 fully saturated rings. The molecule has 2 N–H and O–H groups in total. The molecule has 1 aliphatic heterocycles. The van der Waals surface area contributed by atoms with Gasteiger partial charge in [-0.25, -0.2) is 0 Å². The first-order valence-corrected chi connectivity index (χ1v) is 4.60. The van der Waals surface area contributed by atoms with Gasteiger partial charge in [-0.2, -0.15) is 15.4 Å². The van der Waals surface area contributed by atoms with E-state index in [0.717, 1.165) is 29.9 Å². The summed E-state index contributed by atoms with van der Waals surface area (Å²) in [6.07, 6.45) is 0.305. The molecule has 2 heterocycles. The Balaban J connectivity index is 1.88. The van der Waals surface area contributed by atoms with E-state index < -0.39 is 0 Å². The molecule has 0 aliphatic carbocycles. The number of hydrogen-bond donors (Lipinski definition) is 2. The van der Waals surface area contributed by atoms with Crippen molar-refractivity contribution < 1.29 is 4.74 Å². The van der Waals surface area contributed by atoms with Gasteiger partial charge < -0.3 is 10.1 Å². The highest BCUT2D eigenvalue weighted by molar-refractivity contribution is 5.75. The van der Waals surface area contributed by atoms with E-state index >= 15 is 0 Å². The Morgan fingerprint density at radius 3 is 2.86 bits per heavy atom. The van der Waals surface area contributed by atoms with Crippen LogP contribution in [0, 0.1) is 0 Å². The molecule has 3 rings (SSSR count). The van der Waals surface area contributed by atoms with Gasteiger partial charge in [0, 0.05) is 19.2 Å². The van der Waals surface area contributed by atoms with Crippen molar-refractivity contribution >= 4 is 11.0 Å². The van der Waals surface area contributed by atoms with E-state index in [1.807, 2.05) is 18.2 Å². The molecule has 0 radical (unpaired) electrons. The van der Waals surface area contributed by atoms with E-state index in [2.05, 4.69) is 20.7 Å². The predicted molar refractivity (Wildman–Crippen MR) is 51.2 cm³/mol. The second-order valence-electron chi connectivity index (χ2n) is 3.37. The summed E-state index contributed by atoms with van der Waals surface area (Å²) >= 11 is 0. The Morgan fingerprint density at radius 2 is 2.07 bits per heavy atom. The number of aromatic amines is 1. The molecular weight excluding hydrogens is 180 g/mol. The third-order valence-corrected chi connectivity index (χ3v) is 2.33. The molecule has 5 heteroatoms. The molecule has 0 amide bonds. The van der Waals surface area contributed by atoms with Gasteiger partial charge >= 0.3 is 0 Å². The topological polar surface area (TPSA) is 62.8 Å². The Hall–Kier alpha value is -1.62. The predicted octanol–water partition coefficient (Wildman–Crippen LogP) is 0.308. The van der Waals surface area contributed by atoms with Crippen LogP contribution >= 0.6 is 0 Å². The van der Waals surface area contributed by atoms with Crippen LogP contribution in [0.3, 0.4) is 0 Å². The van der Waals surface area contributed by atoms with Crippen LogP contribution in [0.5, 0.6) is 5.75 Å². The molecule has 1 saturated heterocycles. The van der Waals surface area contributed by atoms with Crippen LogP contribution in [0.15, 0.2) is 18.2 Å². The molecular formula is C9H10N4O. The van der Waals surface area contributed by atoms with Crippen molar-refractivity contribution in [2.24, 2.45) is 0 Å². The minimum atomic E-state index is 0.305. The zero-order chi connectivity index (χ0) is 9.38. The van der Waals surface area contributed by atoms with Crippen LogP contribution in [0.25, 0.3) is 11.0 Å². The van der Waals surface area contributed by atoms with Gasteiger partial charge in [-0.15, -0.1) is 0 Å². The molecule has 1 aromatic heterocycles. The summed E-state index contributed by atoms with van der Waals surface area (Å²) < 4.78 is 5.68. The van der Waals surface area contributed by atoms with Crippen molar-refractivity contribution in [3.63, 3.8) is 0 Å². The lowest BCUT2D eigenvalue weighted by Crippen LogP contribution is -2.50. The number of hydrogen-bond acceptors (Lipinski definition) is 4. The van der Waals surface area contributed by atoms with Crippen LogP contribution in [-0.2, 0) is 0 Å². The molecule has 0 saturated carbocycles. The minimum Gasteiger partial charge on any atom is -0.488 e. The van der Waals surface area contributed by atoms with Crippen molar-refractivity contribution in [3.8, 4) is 5.75 Å². The van der Waals surface area contributed by atoms with E-state index in [1.165, 1.54) is 0 Å². The normalized spacial score (nSPS) is 16.9. The largest absolute Gasteiger partial charge is 0.488 e. The Kier molecular flexibility index (Phi) is 1.63. The summed E-state index contributed by atoms with van der Waals surface area (Å²) in [4.78, 5) is 0. The highest BCUT2D eigenvalue weighted by Crippen LogP contribution is 2.18. The van der Waals surface area contributed by atoms with Crippen molar-refractivity contribution in [2.75, 3.05) is 13.1 Å². The summed E-state index contributed by atoms with van der Waals surface area (Å²) in [5, 5.41) is 13.7. The summed E-state index contributed by atoms with van der Waals surface area (Å²) in [5.74, 6) is 0.859. The summed E-state index contributed by atoms with van der Waals surface area (Å²) in [6.45, 7) is 1.85. The fraction of sp³-hybridized carbons (Fsp3) is 0.333. The van der Waals surface area contributed by atoms with Crippen LogP contribution in [0.1, 0.15) is 0 Å². The van der Waals surface area contributed by atoms with Crippen LogP contribution < -0.4 is 10.1 Å². The zero-order valence-corrected chi connectivity index (χ0v) is 7.53. The maximum atomic E-state index is 5.68. The zero-order valence-electron chi connectivity index (χ0n) is 7.53. The quantitative estimate of drug-likeness (QED) is 0.715. The average molecular weight is 190 g/mol. The highest BCUT2D eigenvalue weighted by atomic mass is 16.5. The van der Waals surface area contributed by atoms with Crippen LogP contribution in [0.2, 0.25) is 0 Å². The van der Waals surface area contributed by atoms with E-state index in [-0.39, 0.29) is 0 Å². The second-order valence-corrected chi connectivity index (χ2v) is 3.37. The van der Waals surface area contributed by atoms with Crippen LogP contribution in [-0.4, -0.2) is 34.6 Å². The number of benzene rings is 1. The van der Waals surface area contributed by atoms with Gasteiger partial charge in [0.05, 0.1) is 0 Å². The van der Waals surface area contributed by atoms with Gasteiger partial charge in [0.2, 0.25) is 0 Å². The monoisotopic (exact) mass is 190 g/mol. The molecule has 72 valence electrons. The summed E-state index contributed by atoms with van der Waals surface area (Å²) in [5.41, 5.74) is 1.71. The smallest absolute Gasteiger partial charge is 0.123 e. The van der Waals surface area contributed by atoms with Gasteiger partial charge in [0.25, 0.3) is 0 Å². The number of rotatable bonds is 2. The van der Waals surface area contributed by atoms with E-state index in [1.54, 1.807) is 0 Å². The summed E-state index contributed by atoms with van der Waals surface area (Å²) in [7, 11) is 0. The molecule has 1 aromatic carbocycles. The SMILES string of the molecule is c1cc2n[nH]nc2cc1OC1CNC1. The van der Waals surface area contributed by atoms with Crippen molar-refractivity contribution in [1.29, 1.82) is 0 Å². The standard InChI is InChI=1S/C9H10N4O/c1-2-8-9(12-13-11-8)3-6(1)14-7-4-10-5-7/h1-3,7,10H,4-5H2,(H,11,12,13). The Labute approximate surface area is 80.5 Å². The van der Waals surface area contributed by atoms with Gasteiger partial charge in [-0.3, -0.25) is 0 Å². The summed E-state index contributed by atoms with van der Waals surface area (Å²) in [6, 6.07) is 5.72. The maximum absolute atomic E-state index is 5.68. The van der Waals surface area contributed by atoms with Gasteiger partial charge in [0.1, 0.15) is 22.9 Å². The number of ether oxygens (including phenoxy) is 1. The third-order valence-electron chi connectivity index (χ3n) is 2.33. The fourth-order valence-electron chi connectivity index (χ4n) is 1.43. The molecule has 1 aliphatic rings. The molecule has 0 bridgehead atoms. The Bertz CT molecular complexity index is 449. The van der Waals surface area contributed by atoms with Gasteiger partial charge in [0.15, 0.2) is 0 Å². The Morgan fingerprint density at radius 1 is 1.21 bits per heavy atom. The van der Waals surface area contributed by atoms with Gasteiger partial charge in [-0.05, 0) is 12.1 Å². The molecule has 14 heavy (non-hydrogen) atoms. The van der Waals surface area contributed by atoms with E-state index in [9.17, 15) is 0 Å². The first kappa shape index (κ1) is 7.75. The second kappa shape index (κ2) is 2.95. The molecule has 0 atom stereocenters. The van der Waals surface area contributed by atoms with E-state index in [4.69, 9.17) is 4.74 Å². The molecule has 0 spiro atoms. The average Bonchev–Trinajstić information content (AvgIpc) is 2.58. The number of nitrogens with zero attached hydrogens (tertiary/aromatic N) is 2.